The van der Waals surface area contributed by atoms with Gasteiger partial charge in [0.25, 0.3) is 0 Å². The number of aryl methyl sites for hydroxylation is 2. The molecule has 0 bridgehead atoms. The first-order valence-corrected chi connectivity index (χ1v) is 8.30. The van der Waals surface area contributed by atoms with Crippen molar-refractivity contribution in [3.05, 3.63) is 71.5 Å². The van der Waals surface area contributed by atoms with Crippen LogP contribution in [0.2, 0.25) is 0 Å². The molecule has 0 radical (unpaired) electrons. The van der Waals surface area contributed by atoms with Gasteiger partial charge in [0, 0.05) is 12.6 Å². The Morgan fingerprint density at radius 1 is 1.00 bits per heavy atom. The lowest BCUT2D eigenvalue weighted by Gasteiger charge is -2.09. The van der Waals surface area contributed by atoms with Crippen LogP contribution in [0.5, 0.6) is 5.75 Å². The number of hydrogen-bond acceptors (Lipinski definition) is 3. The van der Waals surface area contributed by atoms with Crippen molar-refractivity contribution in [2.75, 3.05) is 7.11 Å². The molecule has 0 spiro atoms. The second-order valence-electron chi connectivity index (χ2n) is 6.27. The molecule has 0 N–H and O–H groups in total. The van der Waals surface area contributed by atoms with Gasteiger partial charge in [0.05, 0.1) is 18.1 Å². The molecule has 2 aromatic carbocycles. The van der Waals surface area contributed by atoms with Gasteiger partial charge in [-0.2, -0.15) is 0 Å². The topological polar surface area (TPSA) is 40.2 Å². The van der Waals surface area contributed by atoms with Gasteiger partial charge in [0.15, 0.2) is 11.6 Å². The molecule has 4 aromatic rings. The van der Waals surface area contributed by atoms with Crippen LogP contribution in [-0.2, 0) is 6.54 Å². The summed E-state index contributed by atoms with van der Waals surface area (Å²) in [6.07, 6.45) is 0. The minimum absolute atomic E-state index is 0.721. The van der Waals surface area contributed by atoms with Crippen LogP contribution in [0.1, 0.15) is 16.9 Å². The van der Waals surface area contributed by atoms with Gasteiger partial charge in [0.2, 0.25) is 0 Å². The minimum Gasteiger partial charge on any atom is -0.497 e. The number of fused-ring (bicyclic) bond motifs is 1. The van der Waals surface area contributed by atoms with Crippen molar-refractivity contribution < 1.29 is 9.15 Å². The molecule has 4 heteroatoms. The highest BCUT2D eigenvalue weighted by Gasteiger charge is 2.16. The number of rotatable bonds is 4. The Morgan fingerprint density at radius 2 is 1.80 bits per heavy atom. The zero-order valence-electron chi connectivity index (χ0n) is 14.6. The second kappa shape index (κ2) is 6.13. The average Bonchev–Trinajstić information content (AvgIpc) is 3.20. The van der Waals surface area contributed by atoms with Gasteiger partial charge in [0.1, 0.15) is 11.5 Å². The van der Waals surface area contributed by atoms with Crippen LogP contribution >= 0.6 is 0 Å². The van der Waals surface area contributed by atoms with Crippen molar-refractivity contribution in [2.24, 2.45) is 0 Å². The molecule has 25 heavy (non-hydrogen) atoms. The van der Waals surface area contributed by atoms with E-state index in [0.29, 0.717) is 0 Å². The third-order valence-corrected chi connectivity index (χ3v) is 4.38. The zero-order chi connectivity index (χ0) is 17.4. The average molecular weight is 332 g/mol. The van der Waals surface area contributed by atoms with E-state index in [1.165, 1.54) is 11.1 Å². The smallest absolute Gasteiger partial charge is 0.177 e. The van der Waals surface area contributed by atoms with E-state index in [9.17, 15) is 0 Å². The molecule has 0 aliphatic heterocycles. The lowest BCUT2D eigenvalue weighted by atomic mass is 10.1. The third-order valence-electron chi connectivity index (χ3n) is 4.38. The highest BCUT2D eigenvalue weighted by Crippen LogP contribution is 2.29. The summed E-state index contributed by atoms with van der Waals surface area (Å²) in [6.45, 7) is 4.76. The van der Waals surface area contributed by atoms with Gasteiger partial charge in [-0.1, -0.05) is 29.8 Å². The SMILES string of the molecule is COc1ccc2nc(-c3ccc(C)o3)n(Cc3ccc(C)cc3)c2c1. The van der Waals surface area contributed by atoms with E-state index in [1.807, 2.05) is 37.3 Å². The Balaban J connectivity index is 1.89. The number of aromatic nitrogens is 2. The van der Waals surface area contributed by atoms with Crippen molar-refractivity contribution in [1.82, 2.24) is 9.55 Å². The standard InChI is InChI=1S/C21H20N2O2/c1-14-4-7-16(8-5-14)13-23-19-12-17(24-3)9-10-18(19)22-21(23)20-11-6-15(2)25-20/h4-12H,13H2,1-3H3. The molecule has 4 nitrogen and oxygen atoms in total. The number of nitrogens with zero attached hydrogens (tertiary/aromatic N) is 2. The van der Waals surface area contributed by atoms with E-state index in [1.54, 1.807) is 7.11 Å². The van der Waals surface area contributed by atoms with E-state index in [-0.39, 0.29) is 0 Å². The molecule has 0 aliphatic carbocycles. The lowest BCUT2D eigenvalue weighted by Crippen LogP contribution is -2.02. The second-order valence-corrected chi connectivity index (χ2v) is 6.27. The number of imidazole rings is 1. The van der Waals surface area contributed by atoms with Crippen LogP contribution in [0.15, 0.2) is 59.0 Å². The number of hydrogen-bond donors (Lipinski definition) is 0. The van der Waals surface area contributed by atoms with E-state index in [4.69, 9.17) is 14.1 Å². The van der Waals surface area contributed by atoms with E-state index in [2.05, 4.69) is 35.8 Å². The number of benzene rings is 2. The summed E-state index contributed by atoms with van der Waals surface area (Å²) >= 11 is 0. The van der Waals surface area contributed by atoms with Crippen LogP contribution in [0.3, 0.4) is 0 Å². The fraction of sp³-hybridized carbons (Fsp3) is 0.190. The maximum atomic E-state index is 5.84. The summed E-state index contributed by atoms with van der Waals surface area (Å²) in [5.41, 5.74) is 4.43. The quantitative estimate of drug-likeness (QED) is 0.530. The maximum absolute atomic E-state index is 5.84. The van der Waals surface area contributed by atoms with Gasteiger partial charge in [-0.05, 0) is 43.7 Å². The van der Waals surface area contributed by atoms with Gasteiger partial charge in [-0.3, -0.25) is 0 Å². The predicted octanol–water partition coefficient (Wildman–Crippen LogP) is 4.97. The van der Waals surface area contributed by atoms with Crippen LogP contribution in [0.25, 0.3) is 22.6 Å². The summed E-state index contributed by atoms with van der Waals surface area (Å²) in [6, 6.07) is 18.4. The fourth-order valence-electron chi connectivity index (χ4n) is 3.01. The monoisotopic (exact) mass is 332 g/mol. The fourth-order valence-corrected chi connectivity index (χ4v) is 3.01. The molecule has 0 fully saturated rings. The zero-order valence-corrected chi connectivity index (χ0v) is 14.6. The van der Waals surface area contributed by atoms with Crippen molar-refractivity contribution >= 4 is 11.0 Å². The van der Waals surface area contributed by atoms with E-state index in [0.717, 1.165) is 40.7 Å². The third kappa shape index (κ3) is 2.91. The molecule has 126 valence electrons. The van der Waals surface area contributed by atoms with Gasteiger partial charge < -0.3 is 13.7 Å². The van der Waals surface area contributed by atoms with Crippen molar-refractivity contribution in [2.45, 2.75) is 20.4 Å². The first kappa shape index (κ1) is 15.5. The number of furan rings is 1. The van der Waals surface area contributed by atoms with Gasteiger partial charge in [-0.25, -0.2) is 4.98 Å². The Kier molecular flexibility index (Phi) is 3.80. The summed E-state index contributed by atoms with van der Waals surface area (Å²) < 4.78 is 13.4. The van der Waals surface area contributed by atoms with E-state index < -0.39 is 0 Å². The highest BCUT2D eigenvalue weighted by molar-refractivity contribution is 5.81. The first-order valence-electron chi connectivity index (χ1n) is 8.30. The normalized spacial score (nSPS) is 11.2. The van der Waals surface area contributed by atoms with Crippen molar-refractivity contribution in [1.29, 1.82) is 0 Å². The van der Waals surface area contributed by atoms with Gasteiger partial charge in [-0.15, -0.1) is 0 Å². The molecular formula is C21H20N2O2. The molecule has 0 amide bonds. The number of methoxy groups -OCH3 is 1. The lowest BCUT2D eigenvalue weighted by molar-refractivity contribution is 0.415. The molecule has 2 aromatic heterocycles. The van der Waals surface area contributed by atoms with Crippen molar-refractivity contribution in [3.8, 4) is 17.3 Å². The van der Waals surface area contributed by atoms with Gasteiger partial charge >= 0.3 is 0 Å². The first-order chi connectivity index (χ1) is 12.1. The molecule has 0 saturated heterocycles. The molecular weight excluding hydrogens is 312 g/mol. The van der Waals surface area contributed by atoms with Crippen molar-refractivity contribution in [3.63, 3.8) is 0 Å². The van der Waals surface area contributed by atoms with Crippen LogP contribution in [-0.4, -0.2) is 16.7 Å². The summed E-state index contributed by atoms with van der Waals surface area (Å²) in [5, 5.41) is 0. The number of ether oxygens (including phenoxy) is 1. The maximum Gasteiger partial charge on any atom is 0.177 e. The van der Waals surface area contributed by atoms with Crippen LogP contribution < -0.4 is 4.74 Å². The Bertz CT molecular complexity index is 1030. The Labute approximate surface area is 146 Å². The predicted molar refractivity (Wildman–Crippen MR) is 99.0 cm³/mol. The Morgan fingerprint density at radius 3 is 2.48 bits per heavy atom. The summed E-state index contributed by atoms with van der Waals surface area (Å²) in [7, 11) is 1.68. The van der Waals surface area contributed by atoms with Crippen LogP contribution in [0, 0.1) is 13.8 Å². The molecule has 4 rings (SSSR count). The Hall–Kier alpha value is -3.01. The minimum atomic E-state index is 0.721. The highest BCUT2D eigenvalue weighted by atomic mass is 16.5. The largest absolute Gasteiger partial charge is 0.497 e. The van der Waals surface area contributed by atoms with E-state index >= 15 is 0 Å². The molecule has 0 saturated carbocycles. The summed E-state index contributed by atoms with van der Waals surface area (Å²) in [5.74, 6) is 3.30. The summed E-state index contributed by atoms with van der Waals surface area (Å²) in [4.78, 5) is 4.80. The molecule has 0 aliphatic rings. The molecule has 2 heterocycles. The van der Waals surface area contributed by atoms with Crippen LogP contribution in [0.4, 0.5) is 0 Å². The molecule has 0 atom stereocenters. The molecule has 0 unspecified atom stereocenters.